The van der Waals surface area contributed by atoms with Gasteiger partial charge in [0.15, 0.2) is 0 Å². The van der Waals surface area contributed by atoms with E-state index < -0.39 is 16.1 Å². The van der Waals surface area contributed by atoms with E-state index in [1.54, 1.807) is 13.8 Å². The van der Waals surface area contributed by atoms with E-state index in [1.165, 1.54) is 24.3 Å². The molecule has 7 heteroatoms. The third-order valence-corrected chi connectivity index (χ3v) is 4.26. The van der Waals surface area contributed by atoms with E-state index >= 15 is 0 Å². The molecule has 6 nitrogen and oxygen atoms in total. The highest BCUT2D eigenvalue weighted by atomic mass is 32.2. The van der Waals surface area contributed by atoms with Crippen molar-refractivity contribution in [2.45, 2.75) is 38.1 Å². The first-order valence-electron chi connectivity index (χ1n) is 6.45. The SMILES string of the molecule is CCOC(=O)Nc1ccc(S(=O)(=O)N[C@@H](C)CC)cc1. The summed E-state index contributed by atoms with van der Waals surface area (Å²) in [6, 6.07) is 5.78. The van der Waals surface area contributed by atoms with Crippen LogP contribution in [-0.2, 0) is 14.8 Å². The van der Waals surface area contributed by atoms with Gasteiger partial charge < -0.3 is 4.74 Å². The molecule has 0 aliphatic rings. The Bertz CT molecular complexity index is 540. The van der Waals surface area contributed by atoms with Crippen molar-refractivity contribution in [2.24, 2.45) is 0 Å². The maximum Gasteiger partial charge on any atom is 0.411 e. The van der Waals surface area contributed by atoms with Crippen LogP contribution in [0, 0.1) is 0 Å². The minimum Gasteiger partial charge on any atom is -0.450 e. The molecule has 1 amide bonds. The van der Waals surface area contributed by atoms with Crippen LogP contribution in [-0.4, -0.2) is 27.2 Å². The van der Waals surface area contributed by atoms with Gasteiger partial charge in [-0.1, -0.05) is 6.92 Å². The Morgan fingerprint density at radius 1 is 1.25 bits per heavy atom. The largest absolute Gasteiger partial charge is 0.450 e. The highest BCUT2D eigenvalue weighted by molar-refractivity contribution is 7.89. The Balaban J connectivity index is 2.78. The van der Waals surface area contributed by atoms with Crippen molar-refractivity contribution >= 4 is 21.8 Å². The van der Waals surface area contributed by atoms with Crippen LogP contribution < -0.4 is 10.0 Å². The van der Waals surface area contributed by atoms with Crippen LogP contribution in [0.2, 0.25) is 0 Å². The number of sulfonamides is 1. The number of hydrogen-bond acceptors (Lipinski definition) is 4. The van der Waals surface area contributed by atoms with Crippen LogP contribution in [0.4, 0.5) is 10.5 Å². The van der Waals surface area contributed by atoms with Crippen LogP contribution >= 0.6 is 0 Å². The molecule has 2 N–H and O–H groups in total. The van der Waals surface area contributed by atoms with Gasteiger partial charge in [-0.25, -0.2) is 17.9 Å². The van der Waals surface area contributed by atoms with Crippen molar-refractivity contribution in [1.29, 1.82) is 0 Å². The van der Waals surface area contributed by atoms with Gasteiger partial charge >= 0.3 is 6.09 Å². The lowest BCUT2D eigenvalue weighted by molar-refractivity contribution is 0.168. The monoisotopic (exact) mass is 300 g/mol. The first-order chi connectivity index (χ1) is 9.39. The summed E-state index contributed by atoms with van der Waals surface area (Å²) in [6.45, 7) is 5.68. The molecule has 0 spiro atoms. The van der Waals surface area contributed by atoms with Crippen molar-refractivity contribution < 1.29 is 17.9 Å². The summed E-state index contributed by atoms with van der Waals surface area (Å²) in [5.74, 6) is 0. The molecule has 0 aliphatic carbocycles. The molecule has 1 aromatic rings. The average molecular weight is 300 g/mol. The molecule has 0 bridgehead atoms. The maximum atomic E-state index is 12.0. The lowest BCUT2D eigenvalue weighted by Gasteiger charge is -2.12. The molecular weight excluding hydrogens is 280 g/mol. The summed E-state index contributed by atoms with van der Waals surface area (Å²) in [4.78, 5) is 11.4. The Labute approximate surface area is 119 Å². The molecule has 0 aliphatic heterocycles. The fourth-order valence-corrected chi connectivity index (χ4v) is 2.75. The lowest BCUT2D eigenvalue weighted by atomic mass is 10.3. The predicted octanol–water partition coefficient (Wildman–Crippen LogP) is 2.33. The summed E-state index contributed by atoms with van der Waals surface area (Å²) in [6.07, 6.45) is 0.141. The van der Waals surface area contributed by atoms with E-state index in [0.717, 1.165) is 0 Å². The van der Waals surface area contributed by atoms with E-state index in [4.69, 9.17) is 4.74 Å². The maximum absolute atomic E-state index is 12.0. The van der Waals surface area contributed by atoms with Crippen LogP contribution in [0.3, 0.4) is 0 Å². The third kappa shape index (κ3) is 4.82. The number of carbonyl (C=O) groups is 1. The zero-order valence-corrected chi connectivity index (χ0v) is 12.7. The number of nitrogens with one attached hydrogen (secondary N) is 2. The summed E-state index contributed by atoms with van der Waals surface area (Å²) in [5, 5.41) is 2.50. The van der Waals surface area contributed by atoms with Crippen molar-refractivity contribution in [3.8, 4) is 0 Å². The van der Waals surface area contributed by atoms with E-state index in [1.807, 2.05) is 6.92 Å². The average Bonchev–Trinajstić information content (AvgIpc) is 2.39. The zero-order valence-electron chi connectivity index (χ0n) is 11.8. The van der Waals surface area contributed by atoms with Gasteiger partial charge in [0.2, 0.25) is 10.0 Å². The molecule has 0 saturated heterocycles. The number of amides is 1. The number of ether oxygens (including phenoxy) is 1. The van der Waals surface area contributed by atoms with E-state index in [2.05, 4.69) is 10.0 Å². The molecule has 1 rings (SSSR count). The highest BCUT2D eigenvalue weighted by Crippen LogP contribution is 2.14. The molecule has 0 fully saturated rings. The van der Waals surface area contributed by atoms with Gasteiger partial charge in [0.25, 0.3) is 0 Å². The van der Waals surface area contributed by atoms with Crippen LogP contribution in [0.15, 0.2) is 29.2 Å². The van der Waals surface area contributed by atoms with Gasteiger partial charge in [-0.2, -0.15) is 0 Å². The summed E-state index contributed by atoms with van der Waals surface area (Å²) < 4.78 is 31.3. The Morgan fingerprint density at radius 3 is 2.35 bits per heavy atom. The first kappa shape index (κ1) is 16.5. The smallest absolute Gasteiger partial charge is 0.411 e. The zero-order chi connectivity index (χ0) is 15.2. The summed E-state index contributed by atoms with van der Waals surface area (Å²) in [5.41, 5.74) is 0.478. The lowest BCUT2D eigenvalue weighted by Crippen LogP contribution is -2.31. The summed E-state index contributed by atoms with van der Waals surface area (Å²) >= 11 is 0. The molecule has 1 atom stereocenters. The second kappa shape index (κ2) is 7.25. The third-order valence-electron chi connectivity index (χ3n) is 2.66. The molecule has 0 saturated carbocycles. The Morgan fingerprint density at radius 2 is 1.85 bits per heavy atom. The quantitative estimate of drug-likeness (QED) is 0.844. The van der Waals surface area contributed by atoms with E-state index in [9.17, 15) is 13.2 Å². The molecule has 1 aromatic carbocycles. The second-order valence-electron chi connectivity index (χ2n) is 4.30. The number of hydrogen-bond donors (Lipinski definition) is 2. The molecule has 0 heterocycles. The van der Waals surface area contributed by atoms with Crippen molar-refractivity contribution in [3.05, 3.63) is 24.3 Å². The predicted molar refractivity (Wildman–Crippen MR) is 77.2 cm³/mol. The molecule has 20 heavy (non-hydrogen) atoms. The van der Waals surface area contributed by atoms with E-state index in [-0.39, 0.29) is 17.5 Å². The normalized spacial score (nSPS) is 12.8. The minimum atomic E-state index is -3.52. The van der Waals surface area contributed by atoms with Gasteiger partial charge in [-0.3, -0.25) is 5.32 Å². The fraction of sp³-hybridized carbons (Fsp3) is 0.462. The number of carbonyl (C=O) groups excluding carboxylic acids is 1. The van der Waals surface area contributed by atoms with Gasteiger partial charge in [0, 0.05) is 11.7 Å². The standard InChI is InChI=1S/C13H20N2O4S/c1-4-10(3)15-20(17,18)12-8-6-11(7-9-12)14-13(16)19-5-2/h6-10,15H,4-5H2,1-3H3,(H,14,16)/t10-/m0/s1. The van der Waals surface area contributed by atoms with Crippen LogP contribution in [0.25, 0.3) is 0 Å². The molecular formula is C13H20N2O4S. The number of benzene rings is 1. The van der Waals surface area contributed by atoms with Crippen molar-refractivity contribution in [2.75, 3.05) is 11.9 Å². The van der Waals surface area contributed by atoms with Gasteiger partial charge in [-0.15, -0.1) is 0 Å². The number of rotatable bonds is 6. The molecule has 0 aromatic heterocycles. The topological polar surface area (TPSA) is 84.5 Å². The molecule has 112 valence electrons. The van der Waals surface area contributed by atoms with Gasteiger partial charge in [0.1, 0.15) is 0 Å². The molecule has 0 radical (unpaired) electrons. The highest BCUT2D eigenvalue weighted by Gasteiger charge is 2.16. The first-order valence-corrected chi connectivity index (χ1v) is 7.93. The number of anilines is 1. The van der Waals surface area contributed by atoms with E-state index in [0.29, 0.717) is 12.1 Å². The van der Waals surface area contributed by atoms with Crippen molar-refractivity contribution in [3.63, 3.8) is 0 Å². The van der Waals surface area contributed by atoms with Gasteiger partial charge in [0.05, 0.1) is 11.5 Å². The summed E-state index contributed by atoms with van der Waals surface area (Å²) in [7, 11) is -3.52. The van der Waals surface area contributed by atoms with Crippen LogP contribution in [0.5, 0.6) is 0 Å². The van der Waals surface area contributed by atoms with Crippen molar-refractivity contribution in [1.82, 2.24) is 4.72 Å². The van der Waals surface area contributed by atoms with Crippen LogP contribution in [0.1, 0.15) is 27.2 Å². The van der Waals surface area contributed by atoms with Gasteiger partial charge in [-0.05, 0) is 44.5 Å². The second-order valence-corrected chi connectivity index (χ2v) is 6.01. The fourth-order valence-electron chi connectivity index (χ4n) is 1.42. The minimum absolute atomic E-state index is 0.127. The molecule has 0 unspecified atom stereocenters. The Kier molecular flexibility index (Phi) is 5.97. The Hall–Kier alpha value is -1.60.